The van der Waals surface area contributed by atoms with E-state index in [0.29, 0.717) is 12.2 Å². The molecule has 0 radical (unpaired) electrons. The van der Waals surface area contributed by atoms with Crippen LogP contribution in [0.5, 0.6) is 5.75 Å². The zero-order valence-electron chi connectivity index (χ0n) is 16.6. The fourth-order valence-corrected chi connectivity index (χ4v) is 2.76. The van der Waals surface area contributed by atoms with Gasteiger partial charge in [0.15, 0.2) is 0 Å². The maximum absolute atomic E-state index is 13.7. The molecule has 3 aromatic rings. The summed E-state index contributed by atoms with van der Waals surface area (Å²) in [5.41, 5.74) is 2.35. The number of carbonyl (C=O) groups excluding carboxylic acids is 1. The van der Waals surface area contributed by atoms with Crippen LogP contribution in [0.3, 0.4) is 0 Å². The van der Waals surface area contributed by atoms with Crippen LogP contribution in [0.2, 0.25) is 0 Å². The first-order valence-electron chi connectivity index (χ1n) is 9.31. The van der Waals surface area contributed by atoms with Crippen LogP contribution in [-0.4, -0.2) is 5.91 Å². The molecule has 5 heteroatoms. The van der Waals surface area contributed by atoms with Crippen molar-refractivity contribution in [3.63, 3.8) is 0 Å². The molecule has 3 aromatic carbocycles. The molecule has 0 bridgehead atoms. The quantitative estimate of drug-likeness (QED) is 0.567. The summed E-state index contributed by atoms with van der Waals surface area (Å²) in [5, 5.41) is 2.38. The molecule has 0 aliphatic rings. The Bertz CT molecular complexity index is 991. The van der Waals surface area contributed by atoms with Gasteiger partial charge in [-0.3, -0.25) is 4.79 Å². The summed E-state index contributed by atoms with van der Waals surface area (Å²) in [5.74, 6) is -1.06. The van der Waals surface area contributed by atoms with Crippen molar-refractivity contribution in [2.45, 2.75) is 32.8 Å². The van der Waals surface area contributed by atoms with E-state index in [2.05, 4.69) is 26.1 Å². The number of hydrogen-bond donors (Lipinski definition) is 1. The van der Waals surface area contributed by atoms with Gasteiger partial charge < -0.3 is 10.1 Å². The molecule has 0 atom stereocenters. The zero-order valence-corrected chi connectivity index (χ0v) is 16.6. The van der Waals surface area contributed by atoms with Gasteiger partial charge in [-0.15, -0.1) is 0 Å². The van der Waals surface area contributed by atoms with Gasteiger partial charge in [-0.25, -0.2) is 8.78 Å². The van der Waals surface area contributed by atoms with Crippen LogP contribution in [0, 0.1) is 11.6 Å². The molecule has 1 amide bonds. The van der Waals surface area contributed by atoms with E-state index in [0.717, 1.165) is 29.5 Å². The van der Waals surface area contributed by atoms with Crippen molar-refractivity contribution >= 4 is 11.6 Å². The number of anilines is 1. The lowest BCUT2D eigenvalue weighted by Gasteiger charge is -2.19. The molecule has 0 saturated carbocycles. The number of hydrogen-bond acceptors (Lipinski definition) is 2. The van der Waals surface area contributed by atoms with E-state index in [4.69, 9.17) is 4.74 Å². The number of halogens is 2. The number of benzene rings is 3. The Morgan fingerprint density at radius 2 is 1.59 bits per heavy atom. The Balaban J connectivity index is 1.60. The lowest BCUT2D eigenvalue weighted by Crippen LogP contribution is -2.13. The molecule has 150 valence electrons. The molecule has 0 aromatic heterocycles. The Kier molecular flexibility index (Phi) is 5.97. The molecule has 0 spiro atoms. The summed E-state index contributed by atoms with van der Waals surface area (Å²) in [6, 6.07) is 17.7. The Hall–Kier alpha value is -3.21. The van der Waals surface area contributed by atoms with Crippen molar-refractivity contribution in [3.8, 4) is 5.75 Å². The lowest BCUT2D eigenvalue weighted by atomic mass is 9.87. The highest BCUT2D eigenvalue weighted by molar-refractivity contribution is 6.04. The highest BCUT2D eigenvalue weighted by Crippen LogP contribution is 2.24. The van der Waals surface area contributed by atoms with Crippen molar-refractivity contribution in [1.82, 2.24) is 0 Å². The smallest absolute Gasteiger partial charge is 0.255 e. The van der Waals surface area contributed by atoms with Crippen LogP contribution in [0.15, 0.2) is 66.7 Å². The van der Waals surface area contributed by atoms with Crippen LogP contribution in [0.4, 0.5) is 14.5 Å². The van der Waals surface area contributed by atoms with Gasteiger partial charge in [-0.05, 0) is 52.9 Å². The van der Waals surface area contributed by atoms with Crippen molar-refractivity contribution in [2.24, 2.45) is 0 Å². The molecule has 3 nitrogen and oxygen atoms in total. The first-order chi connectivity index (χ1) is 13.7. The maximum Gasteiger partial charge on any atom is 0.255 e. The van der Waals surface area contributed by atoms with Crippen molar-refractivity contribution < 1.29 is 18.3 Å². The van der Waals surface area contributed by atoms with Gasteiger partial charge in [-0.1, -0.05) is 45.0 Å². The van der Waals surface area contributed by atoms with E-state index in [1.54, 1.807) is 24.3 Å². The molecule has 0 aliphatic heterocycles. The van der Waals surface area contributed by atoms with Gasteiger partial charge in [0.2, 0.25) is 0 Å². The highest BCUT2D eigenvalue weighted by atomic mass is 19.1. The number of rotatable bonds is 5. The van der Waals surface area contributed by atoms with Crippen molar-refractivity contribution in [3.05, 3.63) is 95.1 Å². The average Bonchev–Trinajstić information content (AvgIpc) is 2.69. The topological polar surface area (TPSA) is 38.3 Å². The predicted molar refractivity (Wildman–Crippen MR) is 110 cm³/mol. The first-order valence-corrected chi connectivity index (χ1v) is 9.31. The second kappa shape index (κ2) is 8.43. The summed E-state index contributed by atoms with van der Waals surface area (Å²) in [6.45, 7) is 6.82. The Morgan fingerprint density at radius 3 is 2.21 bits per heavy atom. The van der Waals surface area contributed by atoms with Crippen molar-refractivity contribution in [1.29, 1.82) is 0 Å². The molecular weight excluding hydrogens is 372 g/mol. The molecule has 0 heterocycles. The molecule has 1 N–H and O–H groups in total. The van der Waals surface area contributed by atoms with Gasteiger partial charge in [0.1, 0.15) is 24.0 Å². The lowest BCUT2D eigenvalue weighted by molar-refractivity contribution is 0.102. The standard InChI is InChI=1S/C24H23F2NO2/c1-24(2,3)18-8-11-20(12-9-18)29-15-16-4-6-17(7-5-16)23(28)27-22-14-19(25)10-13-21(22)26/h4-14H,15H2,1-3H3,(H,27,28). The van der Waals surface area contributed by atoms with Crippen molar-refractivity contribution in [2.75, 3.05) is 5.32 Å². The monoisotopic (exact) mass is 395 g/mol. The van der Waals surface area contributed by atoms with Crippen LogP contribution in [-0.2, 0) is 12.0 Å². The summed E-state index contributed by atoms with van der Waals surface area (Å²) < 4.78 is 32.7. The number of amides is 1. The molecular formula is C24H23F2NO2. The summed E-state index contributed by atoms with van der Waals surface area (Å²) in [7, 11) is 0. The molecule has 0 fully saturated rings. The van der Waals surface area contributed by atoms with Crippen LogP contribution < -0.4 is 10.1 Å². The van der Waals surface area contributed by atoms with Crippen LogP contribution in [0.1, 0.15) is 42.3 Å². The van der Waals surface area contributed by atoms with Gasteiger partial charge in [0, 0.05) is 11.6 Å². The average molecular weight is 395 g/mol. The largest absolute Gasteiger partial charge is 0.489 e. The molecule has 0 aliphatic carbocycles. The fourth-order valence-electron chi connectivity index (χ4n) is 2.76. The summed E-state index contributed by atoms with van der Waals surface area (Å²) >= 11 is 0. The molecule has 0 unspecified atom stereocenters. The molecule has 3 rings (SSSR count). The Morgan fingerprint density at radius 1 is 0.931 bits per heavy atom. The Labute approximate surface area is 169 Å². The number of ether oxygens (including phenoxy) is 1. The number of nitrogens with one attached hydrogen (secondary N) is 1. The fraction of sp³-hybridized carbons (Fsp3) is 0.208. The zero-order chi connectivity index (χ0) is 21.0. The minimum Gasteiger partial charge on any atom is -0.489 e. The van der Waals surface area contributed by atoms with Crippen LogP contribution in [0.25, 0.3) is 0 Å². The molecule has 29 heavy (non-hydrogen) atoms. The van der Waals surface area contributed by atoms with Crippen LogP contribution >= 0.6 is 0 Å². The van der Waals surface area contributed by atoms with Gasteiger partial charge in [0.05, 0.1) is 5.69 Å². The minimum absolute atomic E-state index is 0.0867. The summed E-state index contributed by atoms with van der Waals surface area (Å²) in [6.07, 6.45) is 0. The highest BCUT2D eigenvalue weighted by Gasteiger charge is 2.13. The second-order valence-electron chi connectivity index (χ2n) is 7.84. The van der Waals surface area contributed by atoms with E-state index < -0.39 is 17.5 Å². The third-order valence-electron chi connectivity index (χ3n) is 4.52. The molecule has 0 saturated heterocycles. The SMILES string of the molecule is CC(C)(C)c1ccc(OCc2ccc(C(=O)Nc3cc(F)ccc3F)cc2)cc1. The summed E-state index contributed by atoms with van der Waals surface area (Å²) in [4.78, 5) is 12.2. The minimum atomic E-state index is -0.692. The van der Waals surface area contributed by atoms with E-state index in [1.165, 1.54) is 5.56 Å². The first kappa shape index (κ1) is 20.5. The van der Waals surface area contributed by atoms with Gasteiger partial charge >= 0.3 is 0 Å². The third-order valence-corrected chi connectivity index (χ3v) is 4.52. The van der Waals surface area contributed by atoms with E-state index in [1.807, 2.05) is 24.3 Å². The number of carbonyl (C=O) groups is 1. The van der Waals surface area contributed by atoms with E-state index in [-0.39, 0.29) is 11.1 Å². The second-order valence-corrected chi connectivity index (χ2v) is 7.84. The van der Waals surface area contributed by atoms with Gasteiger partial charge in [0.25, 0.3) is 5.91 Å². The maximum atomic E-state index is 13.7. The van der Waals surface area contributed by atoms with E-state index in [9.17, 15) is 13.6 Å². The predicted octanol–water partition coefficient (Wildman–Crippen LogP) is 6.09. The van der Waals surface area contributed by atoms with Gasteiger partial charge in [-0.2, -0.15) is 0 Å². The normalized spacial score (nSPS) is 11.2. The third kappa shape index (κ3) is 5.41. The van der Waals surface area contributed by atoms with E-state index >= 15 is 0 Å².